The number of halogens is 1. The number of esters is 1. The van der Waals surface area contributed by atoms with Gasteiger partial charge in [-0.3, -0.25) is 9.59 Å². The van der Waals surface area contributed by atoms with Crippen molar-refractivity contribution in [2.24, 2.45) is 0 Å². The minimum Gasteiger partial charge on any atom is -0.507 e. The Hall–Kier alpha value is -3.07. The molecule has 0 saturated heterocycles. The molecular weight excluding hydrogens is 494 g/mol. The van der Waals surface area contributed by atoms with E-state index in [1.54, 1.807) is 31.2 Å². The van der Waals surface area contributed by atoms with Crippen molar-refractivity contribution in [3.63, 3.8) is 0 Å². The summed E-state index contributed by atoms with van der Waals surface area (Å²) in [5.74, 6) is -1.04. The number of anilines is 1. The smallest absolute Gasteiger partial charge is 0.396 e. The van der Waals surface area contributed by atoms with Crippen LogP contribution in [-0.2, 0) is 20.7 Å². The van der Waals surface area contributed by atoms with Crippen molar-refractivity contribution in [2.75, 3.05) is 25.6 Å². The zero-order valence-electron chi connectivity index (χ0n) is 19.1. The third kappa shape index (κ3) is 6.95. The van der Waals surface area contributed by atoms with Crippen molar-refractivity contribution in [1.29, 1.82) is 0 Å². The molecule has 9 heteroatoms. The lowest BCUT2D eigenvalue weighted by molar-refractivity contribution is -0.150. The second kappa shape index (κ2) is 12.2. The fraction of sp³-hybridized carbons (Fsp3) is 0.375. The minimum absolute atomic E-state index is 0.0248. The summed E-state index contributed by atoms with van der Waals surface area (Å²) < 4.78 is 16.8. The van der Waals surface area contributed by atoms with E-state index in [-0.39, 0.29) is 17.1 Å². The lowest BCUT2D eigenvalue weighted by atomic mass is 10.0. The molecule has 0 unspecified atom stereocenters. The van der Waals surface area contributed by atoms with Gasteiger partial charge in [0.2, 0.25) is 0 Å². The largest absolute Gasteiger partial charge is 0.507 e. The number of aryl methyl sites for hydroxylation is 1. The number of methoxy groups -OCH3 is 1. The number of carbonyl (C=O) groups excluding carboxylic acids is 3. The highest BCUT2D eigenvalue weighted by atomic mass is 79.9. The van der Waals surface area contributed by atoms with Crippen molar-refractivity contribution in [1.82, 2.24) is 0 Å². The van der Waals surface area contributed by atoms with Crippen molar-refractivity contribution in [2.45, 2.75) is 40.0 Å². The molecule has 0 bridgehead atoms. The van der Waals surface area contributed by atoms with E-state index >= 15 is 0 Å². The van der Waals surface area contributed by atoms with Gasteiger partial charge in [0.15, 0.2) is 5.78 Å². The summed E-state index contributed by atoms with van der Waals surface area (Å²) in [6, 6.07) is 6.67. The number of rotatable bonds is 10. The first-order valence-electron chi connectivity index (χ1n) is 10.5. The fourth-order valence-corrected chi connectivity index (χ4v) is 3.69. The van der Waals surface area contributed by atoms with Crippen LogP contribution in [-0.4, -0.2) is 43.1 Å². The van der Waals surface area contributed by atoms with Gasteiger partial charge in [0.05, 0.1) is 30.4 Å². The molecule has 2 rings (SSSR count). The molecule has 1 amide bonds. The Morgan fingerprint density at radius 2 is 1.76 bits per heavy atom. The first-order valence-corrected chi connectivity index (χ1v) is 11.3. The summed E-state index contributed by atoms with van der Waals surface area (Å²) in [5, 5.41) is 12.9. The fourth-order valence-electron chi connectivity index (χ4n) is 3.12. The summed E-state index contributed by atoms with van der Waals surface area (Å²) in [4.78, 5) is 34.8. The topological polar surface area (TPSA) is 111 Å². The number of hydrogen-bond acceptors (Lipinski definition) is 7. The van der Waals surface area contributed by atoms with Crippen molar-refractivity contribution < 1.29 is 33.7 Å². The quantitative estimate of drug-likeness (QED) is 0.203. The predicted octanol–water partition coefficient (Wildman–Crippen LogP) is 4.58. The molecule has 0 spiro atoms. The van der Waals surface area contributed by atoms with E-state index in [2.05, 4.69) is 26.0 Å². The molecule has 33 heavy (non-hydrogen) atoms. The summed E-state index contributed by atoms with van der Waals surface area (Å²) in [5.41, 5.74) is 2.09. The molecule has 0 radical (unpaired) electrons. The standard InChI is InChI=1S/C24H28BrNO7/c1-5-7-17-20(9-8-16(15(3)27)22(17)28)32-10-6-11-33-21-13-19(14(2)12-18(21)25)26-23(29)24(30)31-4/h8-9,12-13,28H,5-7,10-11H2,1-4H3,(H,26,29). The molecule has 0 heterocycles. The predicted molar refractivity (Wildman–Crippen MR) is 127 cm³/mol. The summed E-state index contributed by atoms with van der Waals surface area (Å²) in [7, 11) is 1.14. The van der Waals surface area contributed by atoms with Crippen LogP contribution in [0.5, 0.6) is 17.2 Å². The Morgan fingerprint density at radius 3 is 2.36 bits per heavy atom. The molecule has 0 atom stereocenters. The SMILES string of the molecule is CCCc1c(OCCCOc2cc(NC(=O)C(=O)OC)c(C)cc2Br)ccc(C(C)=O)c1O. The Labute approximate surface area is 201 Å². The number of nitrogens with one attached hydrogen (secondary N) is 1. The van der Waals surface area contributed by atoms with Gasteiger partial charge in [-0.05, 0) is 60.0 Å². The molecule has 8 nitrogen and oxygen atoms in total. The van der Waals surface area contributed by atoms with E-state index in [0.717, 1.165) is 19.1 Å². The molecular formula is C24H28BrNO7. The van der Waals surface area contributed by atoms with Crippen LogP contribution in [0.2, 0.25) is 0 Å². The minimum atomic E-state index is -0.984. The van der Waals surface area contributed by atoms with Crippen LogP contribution in [0.4, 0.5) is 5.69 Å². The van der Waals surface area contributed by atoms with Gasteiger partial charge in [-0.1, -0.05) is 13.3 Å². The first-order chi connectivity index (χ1) is 15.7. The van der Waals surface area contributed by atoms with Crippen LogP contribution in [0, 0.1) is 6.92 Å². The third-order valence-corrected chi connectivity index (χ3v) is 5.44. The molecule has 178 valence electrons. The number of Topliss-reactive ketones (excluding diaryl/α,β-unsaturated/α-hetero) is 1. The monoisotopic (exact) mass is 521 g/mol. The highest BCUT2D eigenvalue weighted by Crippen LogP contribution is 2.34. The summed E-state index contributed by atoms with van der Waals surface area (Å²) in [6.45, 7) is 5.85. The van der Waals surface area contributed by atoms with Crippen LogP contribution in [0.3, 0.4) is 0 Å². The van der Waals surface area contributed by atoms with Crippen LogP contribution in [0.15, 0.2) is 28.7 Å². The van der Waals surface area contributed by atoms with Crippen molar-refractivity contribution >= 4 is 39.3 Å². The number of benzene rings is 2. The number of hydrogen-bond donors (Lipinski definition) is 2. The molecule has 0 fully saturated rings. The summed E-state index contributed by atoms with van der Waals surface area (Å²) >= 11 is 3.43. The number of ether oxygens (including phenoxy) is 3. The van der Waals surface area contributed by atoms with Gasteiger partial charge in [-0.25, -0.2) is 4.79 Å². The first kappa shape index (κ1) is 26.2. The second-order valence-corrected chi connectivity index (χ2v) is 8.19. The van der Waals surface area contributed by atoms with Gasteiger partial charge in [0, 0.05) is 23.7 Å². The molecule has 0 aliphatic rings. The van der Waals surface area contributed by atoms with Crippen LogP contribution >= 0.6 is 15.9 Å². The molecule has 0 aliphatic carbocycles. The van der Waals surface area contributed by atoms with E-state index in [9.17, 15) is 19.5 Å². The van der Waals surface area contributed by atoms with Crippen LogP contribution < -0.4 is 14.8 Å². The lowest BCUT2D eigenvalue weighted by Crippen LogP contribution is -2.24. The number of ketones is 1. The zero-order valence-corrected chi connectivity index (χ0v) is 20.7. The molecule has 2 N–H and O–H groups in total. The van der Waals surface area contributed by atoms with Crippen LogP contribution in [0.25, 0.3) is 0 Å². The second-order valence-electron chi connectivity index (χ2n) is 7.34. The average Bonchev–Trinajstić information content (AvgIpc) is 2.77. The highest BCUT2D eigenvalue weighted by Gasteiger charge is 2.17. The Bertz CT molecular complexity index is 1040. The van der Waals surface area contributed by atoms with Gasteiger partial charge in [0.1, 0.15) is 17.2 Å². The van der Waals surface area contributed by atoms with Gasteiger partial charge in [-0.2, -0.15) is 0 Å². The number of phenols is 1. The Balaban J connectivity index is 1.98. The maximum Gasteiger partial charge on any atom is 0.396 e. The maximum absolute atomic E-state index is 11.8. The number of aromatic hydroxyl groups is 1. The normalized spacial score (nSPS) is 10.5. The zero-order chi connectivity index (χ0) is 24.5. The molecule has 2 aromatic carbocycles. The van der Waals surface area contributed by atoms with E-state index in [1.165, 1.54) is 6.92 Å². The van der Waals surface area contributed by atoms with Gasteiger partial charge in [0.25, 0.3) is 0 Å². The van der Waals surface area contributed by atoms with Crippen LogP contribution in [0.1, 0.15) is 48.2 Å². The molecule has 0 aliphatic heterocycles. The van der Waals surface area contributed by atoms with Crippen molar-refractivity contribution in [3.8, 4) is 17.2 Å². The molecule has 0 aromatic heterocycles. The summed E-state index contributed by atoms with van der Waals surface area (Å²) in [6.07, 6.45) is 1.94. The Kier molecular flexibility index (Phi) is 9.72. The van der Waals surface area contributed by atoms with E-state index in [4.69, 9.17) is 9.47 Å². The average molecular weight is 522 g/mol. The Morgan fingerprint density at radius 1 is 1.09 bits per heavy atom. The van der Waals surface area contributed by atoms with E-state index in [1.807, 2.05) is 6.92 Å². The maximum atomic E-state index is 11.8. The lowest BCUT2D eigenvalue weighted by Gasteiger charge is -2.15. The van der Waals surface area contributed by atoms with Gasteiger partial charge >= 0.3 is 11.9 Å². The molecule has 0 saturated carbocycles. The van der Waals surface area contributed by atoms with Gasteiger partial charge < -0.3 is 24.6 Å². The van der Waals surface area contributed by atoms with E-state index in [0.29, 0.717) is 53.3 Å². The van der Waals surface area contributed by atoms with Crippen molar-refractivity contribution in [3.05, 3.63) is 45.4 Å². The highest BCUT2D eigenvalue weighted by molar-refractivity contribution is 9.10. The number of phenolic OH excluding ortho intramolecular Hbond substituents is 1. The van der Waals surface area contributed by atoms with Gasteiger partial charge in [-0.15, -0.1) is 0 Å². The van der Waals surface area contributed by atoms with E-state index < -0.39 is 11.9 Å². The number of amides is 1. The third-order valence-electron chi connectivity index (χ3n) is 4.82. The molecule has 2 aromatic rings. The number of carbonyl (C=O) groups is 3.